The number of hydrogen-bond acceptors (Lipinski definition) is 13. The number of aliphatic hydroxyl groups excluding tert-OH is 8. The van der Waals surface area contributed by atoms with E-state index in [-0.39, 0.29) is 18.9 Å². The van der Waals surface area contributed by atoms with Gasteiger partial charge in [-0.25, -0.2) is 0 Å². The first-order valence-corrected chi connectivity index (χ1v) is 19.9. The van der Waals surface area contributed by atoms with Crippen molar-refractivity contribution in [1.29, 1.82) is 0 Å². The molecule has 54 heavy (non-hydrogen) atoms. The first-order valence-electron chi connectivity index (χ1n) is 19.9. The Labute approximate surface area is 321 Å². The number of ether oxygens (including phenoxy) is 4. The van der Waals surface area contributed by atoms with Gasteiger partial charge in [-0.05, 0) is 51.4 Å². The van der Waals surface area contributed by atoms with Crippen LogP contribution in [0.25, 0.3) is 0 Å². The largest absolute Gasteiger partial charge is 0.394 e. The maximum absolute atomic E-state index is 12.9. The van der Waals surface area contributed by atoms with E-state index in [0.29, 0.717) is 12.8 Å². The summed E-state index contributed by atoms with van der Waals surface area (Å²) in [5.74, 6) is -0.247. The van der Waals surface area contributed by atoms with Crippen molar-refractivity contribution in [1.82, 2.24) is 5.32 Å². The molecular weight excluding hydrogens is 702 g/mol. The van der Waals surface area contributed by atoms with Gasteiger partial charge in [0.1, 0.15) is 48.8 Å². The number of hydrogen-bond donors (Lipinski definition) is 9. The molecule has 2 fully saturated rings. The number of allylic oxidation sites excluding steroid dienone is 8. The molecule has 0 aliphatic carbocycles. The molecule has 2 aliphatic rings. The van der Waals surface area contributed by atoms with Crippen LogP contribution in [-0.2, 0) is 23.7 Å². The van der Waals surface area contributed by atoms with Gasteiger partial charge in [0.25, 0.3) is 0 Å². The van der Waals surface area contributed by atoms with E-state index in [1.165, 1.54) is 0 Å². The maximum Gasteiger partial charge on any atom is 0.220 e. The van der Waals surface area contributed by atoms with Crippen LogP contribution < -0.4 is 5.32 Å². The highest BCUT2D eigenvalue weighted by Gasteiger charge is 2.50. The summed E-state index contributed by atoms with van der Waals surface area (Å²) in [6, 6.07) is -0.837. The molecule has 0 aromatic rings. The van der Waals surface area contributed by atoms with E-state index in [1.54, 1.807) is 0 Å². The molecule has 0 aromatic heterocycles. The van der Waals surface area contributed by atoms with Gasteiger partial charge in [-0.3, -0.25) is 4.79 Å². The number of nitrogens with one attached hydrogen (secondary N) is 1. The Kier molecular flexibility index (Phi) is 25.3. The zero-order valence-corrected chi connectivity index (χ0v) is 32.2. The van der Waals surface area contributed by atoms with Gasteiger partial charge in [-0.2, -0.15) is 0 Å². The van der Waals surface area contributed by atoms with Gasteiger partial charge >= 0.3 is 0 Å². The third-order valence-corrected chi connectivity index (χ3v) is 9.56. The van der Waals surface area contributed by atoms with Crippen LogP contribution in [0.15, 0.2) is 48.6 Å². The Hall–Kier alpha value is -2.05. The predicted molar refractivity (Wildman–Crippen MR) is 203 cm³/mol. The Balaban J connectivity index is 1.81. The first kappa shape index (κ1) is 48.1. The second-order valence-electron chi connectivity index (χ2n) is 14.0. The summed E-state index contributed by atoms with van der Waals surface area (Å²) in [5.41, 5.74) is 0. The van der Waals surface area contributed by atoms with Gasteiger partial charge in [-0.1, -0.05) is 94.6 Å². The highest BCUT2D eigenvalue weighted by Crippen LogP contribution is 2.29. The lowest BCUT2D eigenvalue weighted by Gasteiger charge is -2.46. The van der Waals surface area contributed by atoms with Gasteiger partial charge in [0.2, 0.25) is 5.91 Å². The fourth-order valence-electron chi connectivity index (χ4n) is 6.22. The van der Waals surface area contributed by atoms with E-state index >= 15 is 0 Å². The third kappa shape index (κ3) is 17.4. The molecular formula is C40H69NO13. The molecule has 12 atom stereocenters. The average Bonchev–Trinajstić information content (AvgIpc) is 3.16. The number of unbranched alkanes of at least 4 members (excludes halogenated alkanes) is 6. The second kappa shape index (κ2) is 28.4. The second-order valence-corrected chi connectivity index (χ2v) is 14.0. The fourth-order valence-corrected chi connectivity index (χ4v) is 6.22. The van der Waals surface area contributed by atoms with Crippen LogP contribution in [0, 0.1) is 0 Å². The quantitative estimate of drug-likeness (QED) is 0.0432. The summed E-state index contributed by atoms with van der Waals surface area (Å²) >= 11 is 0. The molecule has 0 spiro atoms. The molecule has 0 bridgehead atoms. The Morgan fingerprint density at radius 3 is 1.91 bits per heavy atom. The minimum Gasteiger partial charge on any atom is -0.394 e. The van der Waals surface area contributed by atoms with Gasteiger partial charge in [0, 0.05) is 6.42 Å². The molecule has 2 saturated heterocycles. The highest BCUT2D eigenvalue weighted by atomic mass is 16.7. The molecule has 14 nitrogen and oxygen atoms in total. The minimum absolute atomic E-state index is 0.247. The summed E-state index contributed by atoms with van der Waals surface area (Å²) < 4.78 is 22.4. The third-order valence-electron chi connectivity index (χ3n) is 9.56. The highest BCUT2D eigenvalue weighted by molar-refractivity contribution is 5.76. The molecule has 2 rings (SSSR count). The summed E-state index contributed by atoms with van der Waals surface area (Å²) in [6.45, 7) is 2.48. The summed E-state index contributed by atoms with van der Waals surface area (Å²) in [6.07, 6.45) is 12.3. The van der Waals surface area contributed by atoms with Crippen molar-refractivity contribution in [3.8, 4) is 0 Å². The topological polar surface area (TPSA) is 228 Å². The van der Waals surface area contributed by atoms with Crippen molar-refractivity contribution in [2.45, 2.75) is 177 Å². The van der Waals surface area contributed by atoms with Gasteiger partial charge in [0.05, 0.1) is 32.0 Å². The van der Waals surface area contributed by atoms with Crippen LogP contribution in [0.4, 0.5) is 0 Å². The van der Waals surface area contributed by atoms with E-state index in [4.69, 9.17) is 18.9 Å². The lowest BCUT2D eigenvalue weighted by atomic mass is 9.97. The summed E-state index contributed by atoms with van der Waals surface area (Å²) in [4.78, 5) is 12.9. The van der Waals surface area contributed by atoms with Crippen LogP contribution >= 0.6 is 0 Å². The molecule has 1 amide bonds. The molecule has 0 radical (unpaired) electrons. The number of carbonyl (C=O) groups is 1. The summed E-state index contributed by atoms with van der Waals surface area (Å²) in [5, 5.41) is 85.6. The number of rotatable bonds is 27. The molecule has 14 heteroatoms. The smallest absolute Gasteiger partial charge is 0.220 e. The Morgan fingerprint density at radius 2 is 1.28 bits per heavy atom. The van der Waals surface area contributed by atoms with Crippen molar-refractivity contribution >= 4 is 5.91 Å². The maximum atomic E-state index is 12.9. The SMILES string of the molecule is CC/C=C\C/C=C\C/C=C\C/C=C\CCCCCCC(=O)NC(COC1OC(CO)C(OC2OC(CO)C(O)C(O)C2O)C(O)C1O)C(O)CCCCC. The van der Waals surface area contributed by atoms with Crippen molar-refractivity contribution in [3.05, 3.63) is 48.6 Å². The molecule has 0 aromatic carbocycles. The van der Waals surface area contributed by atoms with Gasteiger partial charge < -0.3 is 65.1 Å². The summed E-state index contributed by atoms with van der Waals surface area (Å²) in [7, 11) is 0. The van der Waals surface area contributed by atoms with E-state index in [0.717, 1.165) is 70.6 Å². The molecule has 0 saturated carbocycles. The minimum atomic E-state index is -1.78. The van der Waals surface area contributed by atoms with E-state index < -0.39 is 86.8 Å². The molecule has 12 unspecified atom stereocenters. The zero-order chi connectivity index (χ0) is 39.7. The van der Waals surface area contributed by atoms with Gasteiger partial charge in [-0.15, -0.1) is 0 Å². The van der Waals surface area contributed by atoms with Crippen molar-refractivity contribution in [3.63, 3.8) is 0 Å². The van der Waals surface area contributed by atoms with Crippen LogP contribution in [0.3, 0.4) is 0 Å². The zero-order valence-electron chi connectivity index (χ0n) is 32.2. The predicted octanol–water partition coefficient (Wildman–Crippen LogP) is 2.20. The number of aliphatic hydroxyl groups is 8. The van der Waals surface area contributed by atoms with Crippen LogP contribution in [-0.4, -0.2) is 140 Å². The van der Waals surface area contributed by atoms with Crippen molar-refractivity contribution in [2.24, 2.45) is 0 Å². The number of carbonyl (C=O) groups excluding carboxylic acids is 1. The van der Waals surface area contributed by atoms with E-state index in [9.17, 15) is 45.6 Å². The Bertz CT molecular complexity index is 1100. The standard InChI is InChI=1S/C40H69NO13/c1-3-5-7-8-9-10-11-12-13-14-15-16-17-18-19-20-22-24-32(45)41-28(29(44)23-21-6-4-2)27-51-39-37(50)35(48)38(31(26-43)53-39)54-40-36(49)34(47)33(46)30(25-42)52-40/h5,7,9-10,12-13,15-16,28-31,33-40,42-44,46-50H,3-4,6,8,11,14,17-27H2,1-2H3,(H,41,45)/b7-5-,10-9-,13-12-,16-15-. The first-order chi connectivity index (χ1) is 26.1. The molecule has 2 aliphatic heterocycles. The molecule has 312 valence electrons. The van der Waals surface area contributed by atoms with Crippen molar-refractivity contribution < 1.29 is 64.6 Å². The van der Waals surface area contributed by atoms with E-state index in [1.807, 2.05) is 6.92 Å². The van der Waals surface area contributed by atoms with Crippen molar-refractivity contribution in [2.75, 3.05) is 19.8 Å². The lowest BCUT2D eigenvalue weighted by Crippen LogP contribution is -2.65. The van der Waals surface area contributed by atoms with Gasteiger partial charge in [0.15, 0.2) is 12.6 Å². The van der Waals surface area contributed by atoms with Crippen LogP contribution in [0.1, 0.15) is 104 Å². The molecule has 2 heterocycles. The fraction of sp³-hybridized carbons (Fsp3) is 0.775. The van der Waals surface area contributed by atoms with Crippen LogP contribution in [0.2, 0.25) is 0 Å². The average molecular weight is 772 g/mol. The normalized spacial score (nSPS) is 30.6. The monoisotopic (exact) mass is 771 g/mol. The molecule has 9 N–H and O–H groups in total. The lowest BCUT2D eigenvalue weighted by molar-refractivity contribution is -0.359. The van der Waals surface area contributed by atoms with E-state index in [2.05, 4.69) is 60.8 Å². The van der Waals surface area contributed by atoms with Crippen LogP contribution in [0.5, 0.6) is 0 Å². The number of amides is 1. The Morgan fingerprint density at radius 1 is 0.685 bits per heavy atom.